The van der Waals surface area contributed by atoms with Crippen LogP contribution >= 0.6 is 12.2 Å². The van der Waals surface area contributed by atoms with Crippen LogP contribution < -0.4 is 11.1 Å². The fourth-order valence-electron chi connectivity index (χ4n) is 1.13. The smallest absolute Gasteiger partial charge is 0.232 e. The molecule has 0 aliphatic carbocycles. The van der Waals surface area contributed by atoms with Crippen LogP contribution in [0.2, 0.25) is 0 Å². The number of hydrogen-bond donors (Lipinski definition) is 2. The highest BCUT2D eigenvalue weighted by atomic mass is 32.1. The van der Waals surface area contributed by atoms with E-state index in [0.29, 0.717) is 24.8 Å². The van der Waals surface area contributed by atoms with Crippen LogP contribution in [0.4, 0.5) is 0 Å². The molecule has 3 nitrogen and oxygen atoms in total. The fraction of sp³-hybridized carbons (Fsp3) is 0.833. The van der Waals surface area contributed by atoms with Gasteiger partial charge in [0, 0.05) is 6.54 Å². The van der Waals surface area contributed by atoms with Gasteiger partial charge in [-0.25, -0.2) is 0 Å². The van der Waals surface area contributed by atoms with Gasteiger partial charge in [0.25, 0.3) is 0 Å². The molecule has 0 bridgehead atoms. The van der Waals surface area contributed by atoms with Crippen molar-refractivity contribution in [3.05, 3.63) is 0 Å². The third kappa shape index (κ3) is 3.74. The molecule has 0 heterocycles. The molecular formula is C12H24N2OS. The summed E-state index contributed by atoms with van der Waals surface area (Å²) in [4.78, 5) is 12.3. The van der Waals surface area contributed by atoms with Gasteiger partial charge in [-0.15, -0.1) is 0 Å². The lowest BCUT2D eigenvalue weighted by Gasteiger charge is -2.27. The molecule has 2 atom stereocenters. The summed E-state index contributed by atoms with van der Waals surface area (Å²) in [6.45, 7) is 10.8. The Morgan fingerprint density at radius 2 is 1.94 bits per heavy atom. The molecule has 0 fully saturated rings. The zero-order valence-electron chi connectivity index (χ0n) is 11.0. The molecule has 0 radical (unpaired) electrons. The minimum atomic E-state index is -0.716. The molecule has 1 amide bonds. The third-order valence-corrected chi connectivity index (χ3v) is 3.93. The Hall–Kier alpha value is -0.640. The van der Waals surface area contributed by atoms with E-state index in [2.05, 4.69) is 26.1 Å². The molecule has 0 saturated carbocycles. The van der Waals surface area contributed by atoms with Gasteiger partial charge in [0.1, 0.15) is 0 Å². The maximum absolute atomic E-state index is 12.0. The topological polar surface area (TPSA) is 55.1 Å². The number of thiocarbonyl (C=S) groups is 1. The van der Waals surface area contributed by atoms with Crippen molar-refractivity contribution in [2.75, 3.05) is 6.54 Å². The maximum atomic E-state index is 12.0. The number of nitrogens with two attached hydrogens (primary N) is 1. The molecule has 94 valence electrons. The van der Waals surface area contributed by atoms with Crippen LogP contribution in [-0.2, 0) is 4.79 Å². The van der Waals surface area contributed by atoms with Crippen LogP contribution in [0.1, 0.15) is 41.0 Å². The number of carbonyl (C=O) groups is 1. The van der Waals surface area contributed by atoms with Crippen molar-refractivity contribution in [1.29, 1.82) is 0 Å². The predicted molar refractivity (Wildman–Crippen MR) is 72.2 cm³/mol. The second-order valence-corrected chi connectivity index (χ2v) is 5.42. The standard InChI is InChI=1S/C12H24N2OS/c1-6-12(5,10(13)16)11(15)14-7-9(4)8(2)3/h8-9H,6-7H2,1-5H3,(H2,13,16)(H,14,15). The molecular weight excluding hydrogens is 220 g/mol. The zero-order valence-corrected chi connectivity index (χ0v) is 11.8. The summed E-state index contributed by atoms with van der Waals surface area (Å²) in [6, 6.07) is 0. The van der Waals surface area contributed by atoms with Gasteiger partial charge in [-0.1, -0.05) is 39.9 Å². The van der Waals surface area contributed by atoms with Crippen molar-refractivity contribution in [2.45, 2.75) is 41.0 Å². The summed E-state index contributed by atoms with van der Waals surface area (Å²) in [5.41, 5.74) is 4.90. The Kier molecular flexibility index (Phi) is 5.94. The van der Waals surface area contributed by atoms with E-state index in [9.17, 15) is 4.79 Å². The quantitative estimate of drug-likeness (QED) is 0.704. The van der Waals surface area contributed by atoms with E-state index in [4.69, 9.17) is 18.0 Å². The first-order chi connectivity index (χ1) is 7.25. The van der Waals surface area contributed by atoms with E-state index in [1.165, 1.54) is 0 Å². The Morgan fingerprint density at radius 3 is 2.25 bits per heavy atom. The van der Waals surface area contributed by atoms with E-state index in [1.54, 1.807) is 6.92 Å². The average Bonchev–Trinajstić information content (AvgIpc) is 2.23. The molecule has 4 heteroatoms. The Balaban J connectivity index is 4.40. The predicted octanol–water partition coefficient (Wildman–Crippen LogP) is 2.10. The van der Waals surface area contributed by atoms with Gasteiger partial charge in [-0.05, 0) is 25.2 Å². The Bertz CT molecular complexity index is 266. The molecule has 0 aromatic rings. The maximum Gasteiger partial charge on any atom is 0.232 e. The van der Waals surface area contributed by atoms with Gasteiger partial charge >= 0.3 is 0 Å². The van der Waals surface area contributed by atoms with E-state index in [0.717, 1.165) is 0 Å². The van der Waals surface area contributed by atoms with Gasteiger partial charge in [0.15, 0.2) is 0 Å². The molecule has 3 N–H and O–H groups in total. The minimum absolute atomic E-state index is 0.0602. The van der Waals surface area contributed by atoms with E-state index >= 15 is 0 Å². The van der Waals surface area contributed by atoms with Crippen molar-refractivity contribution in [2.24, 2.45) is 23.0 Å². The molecule has 0 aliphatic rings. The molecule has 0 aliphatic heterocycles. The highest BCUT2D eigenvalue weighted by Crippen LogP contribution is 2.22. The number of hydrogen-bond acceptors (Lipinski definition) is 2. The first-order valence-electron chi connectivity index (χ1n) is 5.83. The Morgan fingerprint density at radius 1 is 1.44 bits per heavy atom. The average molecular weight is 244 g/mol. The molecule has 0 aromatic heterocycles. The fourth-order valence-corrected chi connectivity index (χ4v) is 1.37. The normalized spacial score (nSPS) is 16.6. The molecule has 2 unspecified atom stereocenters. The second-order valence-electron chi connectivity index (χ2n) is 4.98. The SMILES string of the molecule is CCC(C)(C(=O)NCC(C)C(C)C)C(N)=S. The van der Waals surface area contributed by atoms with Gasteiger partial charge in [-0.2, -0.15) is 0 Å². The summed E-state index contributed by atoms with van der Waals surface area (Å²) in [6.07, 6.45) is 0.629. The number of rotatable bonds is 6. The van der Waals surface area contributed by atoms with Crippen LogP contribution in [0.3, 0.4) is 0 Å². The molecule has 0 saturated heterocycles. The van der Waals surface area contributed by atoms with Gasteiger partial charge in [0.05, 0.1) is 10.4 Å². The number of carbonyl (C=O) groups excluding carboxylic acids is 1. The van der Waals surface area contributed by atoms with Crippen molar-refractivity contribution in [1.82, 2.24) is 5.32 Å². The van der Waals surface area contributed by atoms with Crippen LogP contribution in [-0.4, -0.2) is 17.4 Å². The van der Waals surface area contributed by atoms with Crippen molar-refractivity contribution in [3.63, 3.8) is 0 Å². The van der Waals surface area contributed by atoms with Gasteiger partial charge < -0.3 is 11.1 Å². The summed E-state index contributed by atoms with van der Waals surface area (Å²) in [5.74, 6) is 0.949. The summed E-state index contributed by atoms with van der Waals surface area (Å²) >= 11 is 4.95. The van der Waals surface area contributed by atoms with Crippen molar-refractivity contribution in [3.8, 4) is 0 Å². The Labute approximate surface area is 104 Å². The summed E-state index contributed by atoms with van der Waals surface area (Å²) < 4.78 is 0. The van der Waals surface area contributed by atoms with E-state index in [-0.39, 0.29) is 10.9 Å². The van der Waals surface area contributed by atoms with Crippen LogP contribution in [0, 0.1) is 17.3 Å². The highest BCUT2D eigenvalue weighted by molar-refractivity contribution is 7.80. The zero-order chi connectivity index (χ0) is 12.9. The first-order valence-corrected chi connectivity index (χ1v) is 6.24. The lowest BCUT2D eigenvalue weighted by Crippen LogP contribution is -2.47. The second kappa shape index (κ2) is 6.18. The number of amides is 1. The summed E-state index contributed by atoms with van der Waals surface area (Å²) in [7, 11) is 0. The van der Waals surface area contributed by atoms with E-state index in [1.807, 2.05) is 6.92 Å². The summed E-state index contributed by atoms with van der Waals surface area (Å²) in [5, 5.41) is 2.93. The van der Waals surface area contributed by atoms with E-state index < -0.39 is 5.41 Å². The molecule has 16 heavy (non-hydrogen) atoms. The van der Waals surface area contributed by atoms with Gasteiger partial charge in [-0.3, -0.25) is 4.79 Å². The minimum Gasteiger partial charge on any atom is -0.392 e. The monoisotopic (exact) mass is 244 g/mol. The largest absolute Gasteiger partial charge is 0.392 e. The van der Waals surface area contributed by atoms with Crippen LogP contribution in [0.15, 0.2) is 0 Å². The molecule has 0 rings (SSSR count). The molecule has 0 aromatic carbocycles. The highest BCUT2D eigenvalue weighted by Gasteiger charge is 2.34. The van der Waals surface area contributed by atoms with Crippen molar-refractivity contribution >= 4 is 23.1 Å². The molecule has 0 spiro atoms. The lowest BCUT2D eigenvalue weighted by molar-refractivity contribution is -0.127. The van der Waals surface area contributed by atoms with Gasteiger partial charge in [0.2, 0.25) is 5.91 Å². The van der Waals surface area contributed by atoms with Crippen LogP contribution in [0.5, 0.6) is 0 Å². The third-order valence-electron chi connectivity index (χ3n) is 3.47. The van der Waals surface area contributed by atoms with Crippen LogP contribution in [0.25, 0.3) is 0 Å². The lowest BCUT2D eigenvalue weighted by atomic mass is 9.86. The first kappa shape index (κ1) is 15.4. The number of nitrogens with one attached hydrogen (secondary N) is 1. The van der Waals surface area contributed by atoms with Crippen molar-refractivity contribution < 1.29 is 4.79 Å².